The molecule has 0 heterocycles. The summed E-state index contributed by atoms with van der Waals surface area (Å²) in [5.41, 5.74) is -0.338. The summed E-state index contributed by atoms with van der Waals surface area (Å²) in [5, 5.41) is 20.7. The SMILES string of the molecule is C=CCOc1cc(F)c(C#N)c(OC(C(=O)[O-])c2ccccc2Cl)c1. The summed E-state index contributed by atoms with van der Waals surface area (Å²) in [6.07, 6.45) is -0.181. The lowest BCUT2D eigenvalue weighted by Crippen LogP contribution is -2.33. The number of carbonyl (C=O) groups is 1. The van der Waals surface area contributed by atoms with Crippen LogP contribution in [0.2, 0.25) is 5.02 Å². The number of nitrogens with zero attached hydrogens (tertiary/aromatic N) is 1. The molecule has 0 aromatic heterocycles. The van der Waals surface area contributed by atoms with Crippen molar-refractivity contribution in [3.8, 4) is 17.6 Å². The van der Waals surface area contributed by atoms with Crippen molar-refractivity contribution in [3.05, 3.63) is 71.0 Å². The predicted molar refractivity (Wildman–Crippen MR) is 86.6 cm³/mol. The number of nitriles is 1. The number of hydrogen-bond donors (Lipinski definition) is 0. The van der Waals surface area contributed by atoms with E-state index < -0.39 is 23.5 Å². The van der Waals surface area contributed by atoms with Gasteiger partial charge in [-0.15, -0.1) is 0 Å². The van der Waals surface area contributed by atoms with Gasteiger partial charge in [0.05, 0.1) is 5.97 Å². The molecule has 25 heavy (non-hydrogen) atoms. The predicted octanol–water partition coefficient (Wildman–Crippen LogP) is 2.79. The highest BCUT2D eigenvalue weighted by Crippen LogP contribution is 2.33. The van der Waals surface area contributed by atoms with Crippen molar-refractivity contribution in [3.63, 3.8) is 0 Å². The second kappa shape index (κ2) is 8.18. The van der Waals surface area contributed by atoms with E-state index in [-0.39, 0.29) is 28.7 Å². The van der Waals surface area contributed by atoms with E-state index in [1.807, 2.05) is 0 Å². The Labute approximate surface area is 148 Å². The minimum absolute atomic E-state index is 0.0580. The Kier molecular flexibility index (Phi) is 5.98. The van der Waals surface area contributed by atoms with Crippen LogP contribution in [0.1, 0.15) is 17.2 Å². The first-order chi connectivity index (χ1) is 12.0. The highest BCUT2D eigenvalue weighted by molar-refractivity contribution is 6.31. The molecule has 128 valence electrons. The monoisotopic (exact) mass is 360 g/mol. The standard InChI is InChI=1S/C18H13ClFNO4/c1-2-7-24-11-8-15(20)13(10-21)16(9-11)25-17(18(22)23)12-5-3-4-6-14(12)19/h2-6,8-9,17H,1,7H2,(H,22,23)/p-1. The first-order valence-corrected chi connectivity index (χ1v) is 7.45. The van der Waals surface area contributed by atoms with Gasteiger partial charge in [0.15, 0.2) is 6.10 Å². The highest BCUT2D eigenvalue weighted by Gasteiger charge is 2.22. The molecule has 2 rings (SSSR count). The van der Waals surface area contributed by atoms with E-state index in [1.165, 1.54) is 24.3 Å². The van der Waals surface area contributed by atoms with Gasteiger partial charge < -0.3 is 19.4 Å². The number of carbonyl (C=O) groups excluding carboxylic acids is 1. The Morgan fingerprint density at radius 1 is 1.44 bits per heavy atom. The van der Waals surface area contributed by atoms with Crippen molar-refractivity contribution in [2.24, 2.45) is 0 Å². The van der Waals surface area contributed by atoms with Gasteiger partial charge in [-0.3, -0.25) is 0 Å². The summed E-state index contributed by atoms with van der Waals surface area (Å²) in [4.78, 5) is 11.5. The molecule has 0 N–H and O–H groups in total. The molecule has 0 bridgehead atoms. The van der Waals surface area contributed by atoms with Crippen LogP contribution < -0.4 is 14.6 Å². The van der Waals surface area contributed by atoms with Gasteiger partial charge in [-0.1, -0.05) is 42.5 Å². The van der Waals surface area contributed by atoms with Gasteiger partial charge in [0.2, 0.25) is 0 Å². The minimum atomic E-state index is -1.63. The van der Waals surface area contributed by atoms with E-state index >= 15 is 0 Å². The second-order valence-corrected chi connectivity index (χ2v) is 5.24. The van der Waals surface area contributed by atoms with Crippen LogP contribution in [-0.2, 0) is 4.79 Å². The Hall–Kier alpha value is -3.04. The Balaban J connectivity index is 2.46. The molecule has 1 unspecified atom stereocenters. The molecule has 2 aromatic carbocycles. The van der Waals surface area contributed by atoms with Gasteiger partial charge in [0, 0.05) is 22.7 Å². The molecule has 0 aliphatic heterocycles. The molecule has 0 saturated heterocycles. The van der Waals surface area contributed by atoms with Gasteiger partial charge in [-0.25, -0.2) is 4.39 Å². The fourth-order valence-corrected chi connectivity index (χ4v) is 2.29. The topological polar surface area (TPSA) is 82.4 Å². The smallest absolute Gasteiger partial charge is 0.165 e. The zero-order valence-corrected chi connectivity index (χ0v) is 13.6. The maximum absolute atomic E-state index is 14.1. The lowest BCUT2D eigenvalue weighted by Gasteiger charge is -2.22. The zero-order chi connectivity index (χ0) is 18.4. The van der Waals surface area contributed by atoms with Crippen LogP contribution in [0.3, 0.4) is 0 Å². The molecular formula is C18H12ClFNO4-. The van der Waals surface area contributed by atoms with Crippen molar-refractivity contribution in [1.29, 1.82) is 5.26 Å². The number of hydrogen-bond acceptors (Lipinski definition) is 5. The fraction of sp³-hybridized carbons (Fsp3) is 0.111. The van der Waals surface area contributed by atoms with Crippen LogP contribution in [-0.4, -0.2) is 12.6 Å². The first kappa shape index (κ1) is 18.3. The highest BCUT2D eigenvalue weighted by atomic mass is 35.5. The normalized spacial score (nSPS) is 11.2. The average molecular weight is 361 g/mol. The lowest BCUT2D eigenvalue weighted by molar-refractivity contribution is -0.314. The number of benzene rings is 2. The van der Waals surface area contributed by atoms with Crippen LogP contribution in [0, 0.1) is 17.1 Å². The summed E-state index contributed by atoms with van der Waals surface area (Å²) < 4.78 is 24.6. The van der Waals surface area contributed by atoms with Crippen molar-refractivity contribution in [2.75, 3.05) is 6.61 Å². The van der Waals surface area contributed by atoms with E-state index in [9.17, 15) is 14.3 Å². The number of halogens is 2. The minimum Gasteiger partial charge on any atom is -0.546 e. The average Bonchev–Trinajstić information content (AvgIpc) is 2.58. The van der Waals surface area contributed by atoms with Gasteiger partial charge in [-0.2, -0.15) is 5.26 Å². The first-order valence-electron chi connectivity index (χ1n) is 7.07. The zero-order valence-electron chi connectivity index (χ0n) is 12.9. The molecule has 0 amide bonds. The van der Waals surface area contributed by atoms with E-state index in [0.29, 0.717) is 0 Å². The Morgan fingerprint density at radius 2 is 2.16 bits per heavy atom. The maximum Gasteiger partial charge on any atom is 0.165 e. The summed E-state index contributed by atoms with van der Waals surface area (Å²) in [5.74, 6) is -2.73. The summed E-state index contributed by atoms with van der Waals surface area (Å²) in [6.45, 7) is 3.57. The molecule has 2 aromatic rings. The number of carboxylic acids is 1. The van der Waals surface area contributed by atoms with Crippen LogP contribution in [0.4, 0.5) is 4.39 Å². The van der Waals surface area contributed by atoms with E-state index in [4.69, 9.17) is 26.3 Å². The number of carboxylic acid groups (broad SMARTS) is 1. The third kappa shape index (κ3) is 4.28. The Bertz CT molecular complexity index is 847. The van der Waals surface area contributed by atoms with Gasteiger partial charge in [0.25, 0.3) is 0 Å². The third-order valence-corrected chi connectivity index (χ3v) is 3.50. The van der Waals surface area contributed by atoms with Crippen LogP contribution >= 0.6 is 11.6 Å². The second-order valence-electron chi connectivity index (χ2n) is 4.83. The Morgan fingerprint density at radius 3 is 2.76 bits per heavy atom. The number of rotatable bonds is 7. The van der Waals surface area contributed by atoms with Crippen LogP contribution in [0.5, 0.6) is 11.5 Å². The third-order valence-electron chi connectivity index (χ3n) is 3.15. The van der Waals surface area contributed by atoms with E-state index in [0.717, 1.165) is 6.07 Å². The maximum atomic E-state index is 14.1. The summed E-state index contributed by atoms with van der Waals surface area (Å²) in [7, 11) is 0. The van der Waals surface area contributed by atoms with Gasteiger partial charge in [0.1, 0.15) is 35.6 Å². The quantitative estimate of drug-likeness (QED) is 0.709. The fourth-order valence-electron chi connectivity index (χ4n) is 2.05. The lowest BCUT2D eigenvalue weighted by atomic mass is 10.1. The largest absolute Gasteiger partial charge is 0.546 e. The molecule has 5 nitrogen and oxygen atoms in total. The van der Waals surface area contributed by atoms with Crippen molar-refractivity contribution >= 4 is 17.6 Å². The van der Waals surface area contributed by atoms with Crippen molar-refractivity contribution in [1.82, 2.24) is 0 Å². The van der Waals surface area contributed by atoms with Gasteiger partial charge >= 0.3 is 0 Å². The molecule has 0 aliphatic rings. The molecular weight excluding hydrogens is 349 g/mol. The molecule has 0 saturated carbocycles. The van der Waals surface area contributed by atoms with E-state index in [2.05, 4.69) is 6.58 Å². The number of aliphatic carboxylic acids is 1. The molecule has 0 fully saturated rings. The molecule has 7 heteroatoms. The molecule has 0 spiro atoms. The molecule has 0 radical (unpaired) electrons. The van der Waals surface area contributed by atoms with Gasteiger partial charge in [-0.05, 0) is 6.07 Å². The molecule has 1 atom stereocenters. The molecule has 0 aliphatic carbocycles. The van der Waals surface area contributed by atoms with Crippen molar-refractivity contribution < 1.29 is 23.8 Å². The summed E-state index contributed by atoms with van der Waals surface area (Å²) in [6, 6.07) is 9.94. The van der Waals surface area contributed by atoms with Crippen molar-refractivity contribution in [2.45, 2.75) is 6.10 Å². The van der Waals surface area contributed by atoms with E-state index in [1.54, 1.807) is 18.2 Å². The number of ether oxygens (including phenoxy) is 2. The van der Waals surface area contributed by atoms with Crippen LogP contribution in [0.25, 0.3) is 0 Å². The summed E-state index contributed by atoms with van der Waals surface area (Å²) >= 11 is 5.99. The van der Waals surface area contributed by atoms with Crippen LogP contribution in [0.15, 0.2) is 49.1 Å².